The Morgan fingerprint density at radius 2 is 1.44 bits per heavy atom. The van der Waals surface area contributed by atoms with Crippen LogP contribution in [-0.4, -0.2) is 53.8 Å². The highest BCUT2D eigenvalue weighted by atomic mass is 32.2. The fourth-order valence-electron chi connectivity index (χ4n) is 4.15. The third-order valence-electron chi connectivity index (χ3n) is 6.53. The first-order valence-corrected chi connectivity index (χ1v) is 15.3. The van der Waals surface area contributed by atoms with E-state index in [1.165, 1.54) is 25.5 Å². The standard InChI is InChI=1S/C33H34N4O7S/c1-23-5-16-29(17-6-23)45(40,41)37(30-19-24(2)7-18-31(30)43-4)21-32(38)36-34-20-25-8-12-28(13-9-25)44-22-33(39)35-26-10-14-27(42-3)15-11-26/h5-20H,21-22H2,1-4H3,(H,35,39)(H,36,38)/b34-20-. The van der Waals surface area contributed by atoms with E-state index in [2.05, 4.69) is 15.8 Å². The monoisotopic (exact) mass is 630 g/mol. The van der Waals surface area contributed by atoms with E-state index in [1.54, 1.807) is 86.0 Å². The van der Waals surface area contributed by atoms with Gasteiger partial charge in [-0.05, 0) is 97.8 Å². The van der Waals surface area contributed by atoms with Crippen LogP contribution in [0.4, 0.5) is 11.4 Å². The molecule has 2 amide bonds. The second-order valence-corrected chi connectivity index (χ2v) is 11.8. The molecule has 45 heavy (non-hydrogen) atoms. The van der Waals surface area contributed by atoms with Crippen LogP contribution < -0.4 is 29.3 Å². The quantitative estimate of drug-likeness (QED) is 0.162. The molecule has 0 aliphatic rings. The van der Waals surface area contributed by atoms with Crippen LogP contribution in [0.1, 0.15) is 16.7 Å². The maximum absolute atomic E-state index is 13.7. The summed E-state index contributed by atoms with van der Waals surface area (Å²) in [6.45, 7) is 2.94. The molecule has 0 saturated carbocycles. The molecule has 4 aromatic carbocycles. The highest BCUT2D eigenvalue weighted by Gasteiger charge is 2.29. The summed E-state index contributed by atoms with van der Waals surface area (Å²) in [5.41, 5.74) is 5.56. The number of rotatable bonds is 13. The Morgan fingerprint density at radius 3 is 2.09 bits per heavy atom. The molecule has 2 N–H and O–H groups in total. The van der Waals surface area contributed by atoms with Gasteiger partial charge in [0.2, 0.25) is 0 Å². The van der Waals surface area contributed by atoms with Crippen LogP contribution in [-0.2, 0) is 19.6 Å². The van der Waals surface area contributed by atoms with Crippen molar-refractivity contribution in [2.75, 3.05) is 37.0 Å². The Morgan fingerprint density at radius 1 is 0.800 bits per heavy atom. The predicted molar refractivity (Wildman–Crippen MR) is 173 cm³/mol. The molecule has 0 unspecified atom stereocenters. The molecule has 0 aliphatic heterocycles. The van der Waals surface area contributed by atoms with Crippen molar-refractivity contribution in [1.82, 2.24) is 5.43 Å². The highest BCUT2D eigenvalue weighted by Crippen LogP contribution is 2.33. The number of benzene rings is 4. The van der Waals surface area contributed by atoms with Gasteiger partial charge in [0.1, 0.15) is 23.8 Å². The van der Waals surface area contributed by atoms with Crippen molar-refractivity contribution in [2.24, 2.45) is 5.10 Å². The number of ether oxygens (including phenoxy) is 3. The highest BCUT2D eigenvalue weighted by molar-refractivity contribution is 7.92. The molecule has 0 atom stereocenters. The topological polar surface area (TPSA) is 136 Å². The summed E-state index contributed by atoms with van der Waals surface area (Å²) in [4.78, 5) is 25.2. The molecule has 0 aliphatic carbocycles. The Kier molecular flexibility index (Phi) is 10.8. The predicted octanol–water partition coefficient (Wildman–Crippen LogP) is 4.68. The van der Waals surface area contributed by atoms with Crippen LogP contribution in [0, 0.1) is 13.8 Å². The lowest BCUT2D eigenvalue weighted by atomic mass is 10.2. The van der Waals surface area contributed by atoms with E-state index in [0.717, 1.165) is 15.4 Å². The summed E-state index contributed by atoms with van der Waals surface area (Å²) in [6, 6.07) is 25.1. The molecule has 234 valence electrons. The summed E-state index contributed by atoms with van der Waals surface area (Å²) in [5.74, 6) is 0.463. The zero-order valence-electron chi connectivity index (χ0n) is 25.3. The average Bonchev–Trinajstić information content (AvgIpc) is 3.03. The van der Waals surface area contributed by atoms with E-state index in [1.807, 2.05) is 13.8 Å². The van der Waals surface area contributed by atoms with Crippen molar-refractivity contribution in [3.8, 4) is 17.2 Å². The Bertz CT molecular complexity index is 1760. The van der Waals surface area contributed by atoms with Crippen LogP contribution in [0.5, 0.6) is 17.2 Å². The number of aryl methyl sites for hydroxylation is 2. The van der Waals surface area contributed by atoms with Crippen molar-refractivity contribution in [2.45, 2.75) is 18.7 Å². The van der Waals surface area contributed by atoms with E-state index < -0.39 is 22.5 Å². The molecule has 0 saturated heterocycles. The van der Waals surface area contributed by atoms with E-state index in [4.69, 9.17) is 14.2 Å². The molecule has 0 bridgehead atoms. The van der Waals surface area contributed by atoms with E-state index >= 15 is 0 Å². The van der Waals surface area contributed by atoms with Gasteiger partial charge in [-0.3, -0.25) is 13.9 Å². The Balaban J connectivity index is 1.38. The number of hydrogen-bond acceptors (Lipinski definition) is 8. The summed E-state index contributed by atoms with van der Waals surface area (Å²) < 4.78 is 44.5. The van der Waals surface area contributed by atoms with Gasteiger partial charge < -0.3 is 19.5 Å². The third kappa shape index (κ3) is 8.83. The molecule has 4 rings (SSSR count). The molecule has 4 aromatic rings. The van der Waals surface area contributed by atoms with Crippen LogP contribution in [0.25, 0.3) is 0 Å². The number of carbonyl (C=O) groups excluding carboxylic acids is 2. The molecule has 0 heterocycles. The van der Waals surface area contributed by atoms with E-state index in [-0.39, 0.29) is 23.1 Å². The van der Waals surface area contributed by atoms with Gasteiger partial charge in [0.25, 0.3) is 21.8 Å². The van der Waals surface area contributed by atoms with Crippen molar-refractivity contribution in [3.05, 3.63) is 108 Å². The van der Waals surface area contributed by atoms with Crippen molar-refractivity contribution in [3.63, 3.8) is 0 Å². The molecule has 12 heteroatoms. The van der Waals surface area contributed by atoms with Crippen molar-refractivity contribution >= 4 is 39.4 Å². The molecule has 0 radical (unpaired) electrons. The van der Waals surface area contributed by atoms with E-state index in [0.29, 0.717) is 28.5 Å². The molecule has 11 nitrogen and oxygen atoms in total. The van der Waals surface area contributed by atoms with Gasteiger partial charge in [0.15, 0.2) is 6.61 Å². The minimum Gasteiger partial charge on any atom is -0.497 e. The number of anilines is 2. The first-order chi connectivity index (χ1) is 21.6. The van der Waals surface area contributed by atoms with Crippen LogP contribution in [0.2, 0.25) is 0 Å². The van der Waals surface area contributed by atoms with Gasteiger partial charge in [0, 0.05) is 5.69 Å². The maximum atomic E-state index is 13.7. The lowest BCUT2D eigenvalue weighted by Crippen LogP contribution is -2.39. The normalized spacial score (nSPS) is 11.1. The van der Waals surface area contributed by atoms with Crippen molar-refractivity contribution < 1.29 is 32.2 Å². The third-order valence-corrected chi connectivity index (χ3v) is 8.30. The minimum atomic E-state index is -4.14. The van der Waals surface area contributed by atoms with Crippen LogP contribution >= 0.6 is 0 Å². The average molecular weight is 631 g/mol. The van der Waals surface area contributed by atoms with Crippen LogP contribution in [0.15, 0.2) is 101 Å². The molecule has 0 spiro atoms. The fraction of sp³-hybridized carbons (Fsp3) is 0.182. The fourth-order valence-corrected chi connectivity index (χ4v) is 5.57. The van der Waals surface area contributed by atoms with Gasteiger partial charge in [0.05, 0.1) is 31.0 Å². The Labute approximate surface area is 262 Å². The number of nitrogens with zero attached hydrogens (tertiary/aromatic N) is 2. The molecule has 0 fully saturated rings. The summed E-state index contributed by atoms with van der Waals surface area (Å²) in [6.07, 6.45) is 1.41. The summed E-state index contributed by atoms with van der Waals surface area (Å²) in [5, 5.41) is 6.72. The molecular formula is C33H34N4O7S. The first-order valence-electron chi connectivity index (χ1n) is 13.8. The second-order valence-electron chi connectivity index (χ2n) is 9.93. The number of amides is 2. The second kappa shape index (κ2) is 14.9. The number of sulfonamides is 1. The van der Waals surface area contributed by atoms with Gasteiger partial charge >= 0.3 is 0 Å². The summed E-state index contributed by atoms with van der Waals surface area (Å²) in [7, 11) is -1.14. The number of carbonyl (C=O) groups is 2. The first kappa shape index (κ1) is 32.6. The number of hydrazone groups is 1. The van der Waals surface area contributed by atoms with Gasteiger partial charge in [-0.15, -0.1) is 0 Å². The number of methoxy groups -OCH3 is 2. The maximum Gasteiger partial charge on any atom is 0.264 e. The number of hydrogen-bond donors (Lipinski definition) is 2. The smallest absolute Gasteiger partial charge is 0.264 e. The molecular weight excluding hydrogens is 596 g/mol. The largest absolute Gasteiger partial charge is 0.497 e. The van der Waals surface area contributed by atoms with Gasteiger partial charge in [-0.2, -0.15) is 5.10 Å². The van der Waals surface area contributed by atoms with Gasteiger partial charge in [-0.1, -0.05) is 23.8 Å². The number of nitrogens with one attached hydrogen (secondary N) is 2. The van der Waals surface area contributed by atoms with E-state index in [9.17, 15) is 18.0 Å². The zero-order valence-corrected chi connectivity index (χ0v) is 26.1. The van der Waals surface area contributed by atoms with Gasteiger partial charge in [-0.25, -0.2) is 13.8 Å². The SMILES string of the molecule is COc1ccc(NC(=O)COc2ccc(/C=N\NC(=O)CN(c3cc(C)ccc3OC)S(=O)(=O)c3ccc(C)cc3)cc2)cc1. The Hall–Kier alpha value is -5.36. The summed E-state index contributed by atoms with van der Waals surface area (Å²) >= 11 is 0. The lowest BCUT2D eigenvalue weighted by molar-refractivity contribution is -0.119. The minimum absolute atomic E-state index is 0.0356. The van der Waals surface area contributed by atoms with Crippen molar-refractivity contribution in [1.29, 1.82) is 0 Å². The zero-order chi connectivity index (χ0) is 32.4. The van der Waals surface area contributed by atoms with Crippen LogP contribution in [0.3, 0.4) is 0 Å². The lowest BCUT2D eigenvalue weighted by Gasteiger charge is -2.25. The molecule has 0 aromatic heterocycles.